The van der Waals surface area contributed by atoms with Crippen molar-refractivity contribution in [1.82, 2.24) is 10.2 Å². The lowest BCUT2D eigenvalue weighted by molar-refractivity contribution is -0.116. The van der Waals surface area contributed by atoms with Gasteiger partial charge in [-0.3, -0.25) is 4.79 Å². The lowest BCUT2D eigenvalue weighted by Gasteiger charge is -2.13. The standard InChI is InChI=1S/C14H22ClN3O2/c1-16-7-6-14(19)17-11-4-5-13(12(15)10-11)20-9-8-18(2)3/h4-5,10,16H,6-9H2,1-3H3,(H,17,19). The monoisotopic (exact) mass is 299 g/mol. The lowest BCUT2D eigenvalue weighted by Crippen LogP contribution is -2.19. The summed E-state index contributed by atoms with van der Waals surface area (Å²) in [7, 11) is 5.77. The highest BCUT2D eigenvalue weighted by molar-refractivity contribution is 6.32. The number of halogens is 1. The Morgan fingerprint density at radius 2 is 2.15 bits per heavy atom. The number of anilines is 1. The van der Waals surface area contributed by atoms with Crippen LogP contribution in [0.25, 0.3) is 0 Å². The maximum atomic E-state index is 11.6. The second-order valence-corrected chi connectivity index (χ2v) is 5.11. The van der Waals surface area contributed by atoms with E-state index < -0.39 is 0 Å². The highest BCUT2D eigenvalue weighted by Gasteiger charge is 2.06. The van der Waals surface area contributed by atoms with Crippen molar-refractivity contribution in [3.63, 3.8) is 0 Å². The Labute approximate surface area is 125 Å². The van der Waals surface area contributed by atoms with Crippen LogP contribution in [0.2, 0.25) is 5.02 Å². The Balaban J connectivity index is 2.52. The van der Waals surface area contributed by atoms with E-state index in [0.29, 0.717) is 36.0 Å². The van der Waals surface area contributed by atoms with Crippen LogP contribution in [-0.4, -0.2) is 51.6 Å². The number of hydrogen-bond acceptors (Lipinski definition) is 4. The quantitative estimate of drug-likeness (QED) is 0.769. The minimum atomic E-state index is -0.0447. The molecule has 0 aliphatic rings. The first-order chi connectivity index (χ1) is 9.52. The molecule has 0 aliphatic carbocycles. The lowest BCUT2D eigenvalue weighted by atomic mass is 10.3. The maximum Gasteiger partial charge on any atom is 0.225 e. The van der Waals surface area contributed by atoms with Gasteiger partial charge in [0.2, 0.25) is 5.91 Å². The minimum absolute atomic E-state index is 0.0447. The topological polar surface area (TPSA) is 53.6 Å². The molecule has 2 N–H and O–H groups in total. The van der Waals surface area contributed by atoms with Gasteiger partial charge in [-0.15, -0.1) is 0 Å². The number of hydrogen-bond donors (Lipinski definition) is 2. The average Bonchev–Trinajstić information content (AvgIpc) is 2.38. The summed E-state index contributed by atoms with van der Waals surface area (Å²) in [6.45, 7) is 2.03. The van der Waals surface area contributed by atoms with E-state index in [1.807, 2.05) is 26.0 Å². The fourth-order valence-electron chi connectivity index (χ4n) is 1.50. The fraction of sp³-hybridized carbons (Fsp3) is 0.500. The van der Waals surface area contributed by atoms with Gasteiger partial charge in [-0.2, -0.15) is 0 Å². The Morgan fingerprint density at radius 1 is 1.40 bits per heavy atom. The number of ether oxygens (including phenoxy) is 1. The first kappa shape index (κ1) is 16.8. The molecule has 20 heavy (non-hydrogen) atoms. The van der Waals surface area contributed by atoms with E-state index in [2.05, 4.69) is 10.6 Å². The van der Waals surface area contributed by atoms with Gasteiger partial charge in [-0.1, -0.05) is 11.6 Å². The molecule has 0 spiro atoms. The molecule has 1 amide bonds. The molecule has 0 fully saturated rings. The summed E-state index contributed by atoms with van der Waals surface area (Å²) < 4.78 is 5.58. The summed E-state index contributed by atoms with van der Waals surface area (Å²) in [6.07, 6.45) is 0.426. The van der Waals surface area contributed by atoms with Crippen LogP contribution in [0.3, 0.4) is 0 Å². The van der Waals surface area contributed by atoms with E-state index >= 15 is 0 Å². The van der Waals surface area contributed by atoms with Gasteiger partial charge in [0.1, 0.15) is 12.4 Å². The Bertz CT molecular complexity index is 438. The van der Waals surface area contributed by atoms with Crippen molar-refractivity contribution in [2.75, 3.05) is 46.2 Å². The molecular weight excluding hydrogens is 278 g/mol. The first-order valence-electron chi connectivity index (χ1n) is 6.54. The zero-order chi connectivity index (χ0) is 15.0. The minimum Gasteiger partial charge on any atom is -0.491 e. The molecular formula is C14H22ClN3O2. The van der Waals surface area contributed by atoms with Gasteiger partial charge in [0.05, 0.1) is 5.02 Å². The zero-order valence-corrected chi connectivity index (χ0v) is 13.0. The van der Waals surface area contributed by atoms with Gasteiger partial charge in [0.15, 0.2) is 0 Å². The summed E-state index contributed by atoms with van der Waals surface area (Å²) in [5.74, 6) is 0.582. The Kier molecular flexibility index (Phi) is 7.36. The van der Waals surface area contributed by atoms with Crippen molar-refractivity contribution in [3.8, 4) is 5.75 Å². The summed E-state index contributed by atoms with van der Waals surface area (Å²) in [5.41, 5.74) is 0.677. The van der Waals surface area contributed by atoms with E-state index in [4.69, 9.17) is 16.3 Å². The number of benzene rings is 1. The number of nitrogens with one attached hydrogen (secondary N) is 2. The van der Waals surface area contributed by atoms with Gasteiger partial charge in [-0.05, 0) is 39.3 Å². The molecule has 5 nitrogen and oxygen atoms in total. The predicted molar refractivity (Wildman–Crippen MR) is 82.7 cm³/mol. The number of nitrogens with zero attached hydrogens (tertiary/aromatic N) is 1. The number of rotatable bonds is 8. The highest BCUT2D eigenvalue weighted by Crippen LogP contribution is 2.27. The molecule has 0 bridgehead atoms. The molecule has 0 aliphatic heterocycles. The molecule has 0 heterocycles. The molecule has 0 saturated heterocycles. The molecule has 112 valence electrons. The third kappa shape index (κ3) is 6.23. The molecule has 0 aromatic heterocycles. The summed E-state index contributed by atoms with van der Waals surface area (Å²) >= 11 is 6.13. The molecule has 0 saturated carbocycles. The van der Waals surface area contributed by atoms with Crippen LogP contribution in [0, 0.1) is 0 Å². The van der Waals surface area contributed by atoms with Crippen molar-refractivity contribution in [2.24, 2.45) is 0 Å². The van der Waals surface area contributed by atoms with Crippen molar-refractivity contribution in [2.45, 2.75) is 6.42 Å². The second-order valence-electron chi connectivity index (χ2n) is 4.70. The van der Waals surface area contributed by atoms with Crippen LogP contribution in [-0.2, 0) is 4.79 Å². The number of likely N-dealkylation sites (N-methyl/N-ethyl adjacent to an activating group) is 1. The van der Waals surface area contributed by atoms with Gasteiger partial charge in [0.25, 0.3) is 0 Å². The van der Waals surface area contributed by atoms with E-state index in [0.717, 1.165) is 6.54 Å². The van der Waals surface area contributed by atoms with Crippen LogP contribution < -0.4 is 15.4 Å². The van der Waals surface area contributed by atoms with E-state index in [9.17, 15) is 4.79 Å². The third-order valence-electron chi connectivity index (χ3n) is 2.61. The molecule has 0 unspecified atom stereocenters. The van der Waals surface area contributed by atoms with Crippen LogP contribution in [0.15, 0.2) is 18.2 Å². The molecule has 1 aromatic rings. The van der Waals surface area contributed by atoms with E-state index in [-0.39, 0.29) is 5.91 Å². The molecule has 0 atom stereocenters. The van der Waals surface area contributed by atoms with Crippen LogP contribution in [0.1, 0.15) is 6.42 Å². The SMILES string of the molecule is CNCCC(=O)Nc1ccc(OCCN(C)C)c(Cl)c1. The van der Waals surface area contributed by atoms with Crippen molar-refractivity contribution >= 4 is 23.2 Å². The summed E-state index contributed by atoms with van der Waals surface area (Å²) in [6, 6.07) is 5.25. The molecule has 1 rings (SSSR count). The van der Waals surface area contributed by atoms with E-state index in [1.165, 1.54) is 0 Å². The van der Waals surface area contributed by atoms with Crippen molar-refractivity contribution in [1.29, 1.82) is 0 Å². The number of carbonyl (C=O) groups is 1. The largest absolute Gasteiger partial charge is 0.491 e. The average molecular weight is 300 g/mol. The predicted octanol–water partition coefficient (Wildman–Crippen LogP) is 1.83. The van der Waals surface area contributed by atoms with Gasteiger partial charge >= 0.3 is 0 Å². The van der Waals surface area contributed by atoms with Crippen LogP contribution in [0.4, 0.5) is 5.69 Å². The third-order valence-corrected chi connectivity index (χ3v) is 2.91. The number of amides is 1. The summed E-state index contributed by atoms with van der Waals surface area (Å²) in [5, 5.41) is 6.21. The maximum absolute atomic E-state index is 11.6. The van der Waals surface area contributed by atoms with E-state index in [1.54, 1.807) is 18.2 Å². The molecule has 1 aromatic carbocycles. The van der Waals surface area contributed by atoms with Gasteiger partial charge < -0.3 is 20.3 Å². The van der Waals surface area contributed by atoms with Gasteiger partial charge in [0, 0.05) is 25.2 Å². The zero-order valence-electron chi connectivity index (χ0n) is 12.2. The molecule has 0 radical (unpaired) electrons. The van der Waals surface area contributed by atoms with Crippen LogP contribution >= 0.6 is 11.6 Å². The Hall–Kier alpha value is -1.30. The van der Waals surface area contributed by atoms with Crippen LogP contribution in [0.5, 0.6) is 5.75 Å². The Morgan fingerprint density at radius 3 is 2.75 bits per heavy atom. The summed E-state index contributed by atoms with van der Waals surface area (Å²) in [4.78, 5) is 13.6. The smallest absolute Gasteiger partial charge is 0.225 e. The molecule has 6 heteroatoms. The first-order valence-corrected chi connectivity index (χ1v) is 6.92. The van der Waals surface area contributed by atoms with Crippen molar-refractivity contribution < 1.29 is 9.53 Å². The highest BCUT2D eigenvalue weighted by atomic mass is 35.5. The fourth-order valence-corrected chi connectivity index (χ4v) is 1.73. The van der Waals surface area contributed by atoms with Crippen molar-refractivity contribution in [3.05, 3.63) is 23.2 Å². The number of carbonyl (C=O) groups excluding carboxylic acids is 1. The van der Waals surface area contributed by atoms with Gasteiger partial charge in [-0.25, -0.2) is 0 Å². The second kappa shape index (κ2) is 8.79. The normalized spacial score (nSPS) is 10.7.